The fourth-order valence-corrected chi connectivity index (χ4v) is 2.06. The fraction of sp³-hybridized carbons (Fsp3) is 0.455. The van der Waals surface area contributed by atoms with Gasteiger partial charge in [-0.15, -0.1) is 0 Å². The van der Waals surface area contributed by atoms with Crippen LogP contribution in [0.2, 0.25) is 0 Å². The Morgan fingerprint density at radius 2 is 1.92 bits per heavy atom. The van der Waals surface area contributed by atoms with Crippen molar-refractivity contribution in [3.8, 4) is 0 Å². The van der Waals surface area contributed by atoms with Gasteiger partial charge in [-0.05, 0) is 31.5 Å². The Bertz CT molecular complexity index is 303. The van der Waals surface area contributed by atoms with Gasteiger partial charge in [0.1, 0.15) is 0 Å². The summed E-state index contributed by atoms with van der Waals surface area (Å²) >= 11 is 0. The number of benzene rings is 1. The van der Waals surface area contributed by atoms with E-state index in [-0.39, 0.29) is 0 Å². The van der Waals surface area contributed by atoms with Crippen LogP contribution in [-0.2, 0) is 5.41 Å². The zero-order valence-electron chi connectivity index (χ0n) is 8.01. The second kappa shape index (κ2) is 3.04. The van der Waals surface area contributed by atoms with Crippen LogP contribution in [0.15, 0.2) is 24.3 Å². The molecule has 2 nitrogen and oxygen atoms in total. The van der Waals surface area contributed by atoms with E-state index in [0.717, 1.165) is 0 Å². The Morgan fingerprint density at radius 3 is 2.62 bits per heavy atom. The molecule has 1 fully saturated rings. The van der Waals surface area contributed by atoms with E-state index >= 15 is 0 Å². The number of para-hydroxylation sites is 1. The number of nitrogens with two attached hydrogens (primary N) is 1. The number of rotatable bonds is 0. The molecule has 70 valence electrons. The molecule has 1 aliphatic heterocycles. The standard InChI is InChI=1S/C10H11N.CH5N/c1-2-4-9-8(3-1)10(5-6-10)7-11-9;1-2/h1-4,11H,5-7H2;2H2,1H3. The molecule has 1 aromatic rings. The van der Waals surface area contributed by atoms with Crippen LogP contribution in [0.5, 0.6) is 0 Å². The quantitative estimate of drug-likeness (QED) is 0.631. The van der Waals surface area contributed by atoms with Crippen molar-refractivity contribution in [2.75, 3.05) is 18.9 Å². The van der Waals surface area contributed by atoms with Gasteiger partial charge in [0.25, 0.3) is 0 Å². The Balaban J connectivity index is 0.000000308. The van der Waals surface area contributed by atoms with E-state index in [4.69, 9.17) is 0 Å². The van der Waals surface area contributed by atoms with E-state index in [1.165, 1.54) is 32.1 Å². The van der Waals surface area contributed by atoms with Crippen LogP contribution in [0.3, 0.4) is 0 Å². The minimum absolute atomic E-state index is 0.566. The first-order chi connectivity index (χ1) is 6.41. The first-order valence-corrected chi connectivity index (χ1v) is 4.82. The van der Waals surface area contributed by atoms with E-state index < -0.39 is 0 Å². The fourth-order valence-electron chi connectivity index (χ4n) is 2.06. The van der Waals surface area contributed by atoms with Crippen molar-refractivity contribution in [1.29, 1.82) is 0 Å². The Kier molecular flexibility index (Phi) is 2.00. The first kappa shape index (κ1) is 8.57. The Labute approximate surface area is 79.1 Å². The SMILES string of the molecule is CN.c1ccc2c(c1)NCC21CC1. The number of fused-ring (bicyclic) bond motifs is 2. The summed E-state index contributed by atoms with van der Waals surface area (Å²) in [5.74, 6) is 0. The number of hydrogen-bond acceptors (Lipinski definition) is 2. The van der Waals surface area contributed by atoms with E-state index in [1.54, 1.807) is 5.56 Å². The van der Waals surface area contributed by atoms with Gasteiger partial charge in [0.05, 0.1) is 0 Å². The zero-order chi connectivity index (χ0) is 9.31. The average Bonchev–Trinajstić information content (AvgIpc) is 2.90. The molecule has 2 aliphatic rings. The predicted octanol–water partition coefficient (Wildman–Crippen LogP) is 1.72. The molecule has 1 saturated carbocycles. The third-order valence-corrected chi connectivity index (χ3v) is 2.97. The van der Waals surface area contributed by atoms with Crippen LogP contribution in [0.25, 0.3) is 0 Å². The summed E-state index contributed by atoms with van der Waals surface area (Å²) in [6.07, 6.45) is 2.77. The van der Waals surface area contributed by atoms with Gasteiger partial charge in [0, 0.05) is 17.6 Å². The lowest BCUT2D eigenvalue weighted by atomic mass is 9.99. The molecule has 0 saturated heterocycles. The average molecular weight is 176 g/mol. The van der Waals surface area contributed by atoms with Crippen LogP contribution in [-0.4, -0.2) is 13.6 Å². The van der Waals surface area contributed by atoms with Crippen LogP contribution in [0.1, 0.15) is 18.4 Å². The van der Waals surface area contributed by atoms with Crippen LogP contribution in [0, 0.1) is 0 Å². The molecule has 0 radical (unpaired) electrons. The molecule has 2 heteroatoms. The normalized spacial score (nSPS) is 19.8. The maximum Gasteiger partial charge on any atom is 0.0379 e. The molecule has 0 unspecified atom stereocenters. The lowest BCUT2D eigenvalue weighted by Crippen LogP contribution is -2.07. The molecule has 0 amide bonds. The van der Waals surface area contributed by atoms with Crippen molar-refractivity contribution >= 4 is 5.69 Å². The molecule has 13 heavy (non-hydrogen) atoms. The maximum absolute atomic E-state index is 4.50. The zero-order valence-corrected chi connectivity index (χ0v) is 8.01. The first-order valence-electron chi connectivity index (χ1n) is 4.82. The Morgan fingerprint density at radius 1 is 1.23 bits per heavy atom. The van der Waals surface area contributed by atoms with Crippen LogP contribution in [0.4, 0.5) is 5.69 Å². The molecule has 1 aliphatic carbocycles. The van der Waals surface area contributed by atoms with Gasteiger partial charge in [0.15, 0.2) is 0 Å². The highest BCUT2D eigenvalue weighted by molar-refractivity contribution is 5.62. The monoisotopic (exact) mass is 176 g/mol. The van der Waals surface area contributed by atoms with E-state index in [0.29, 0.717) is 5.41 Å². The molecule has 0 bridgehead atoms. The van der Waals surface area contributed by atoms with Gasteiger partial charge in [-0.1, -0.05) is 18.2 Å². The summed E-state index contributed by atoms with van der Waals surface area (Å²) in [6, 6.07) is 8.70. The molecule has 3 rings (SSSR count). The molecule has 1 heterocycles. The summed E-state index contributed by atoms with van der Waals surface area (Å²) < 4.78 is 0. The summed E-state index contributed by atoms with van der Waals surface area (Å²) in [5.41, 5.74) is 7.99. The number of nitrogens with one attached hydrogen (secondary N) is 1. The van der Waals surface area contributed by atoms with Crippen molar-refractivity contribution in [2.45, 2.75) is 18.3 Å². The smallest absolute Gasteiger partial charge is 0.0379 e. The van der Waals surface area contributed by atoms with Gasteiger partial charge in [0.2, 0.25) is 0 Å². The molecule has 0 aromatic heterocycles. The van der Waals surface area contributed by atoms with Gasteiger partial charge in [-0.3, -0.25) is 0 Å². The van der Waals surface area contributed by atoms with Crippen molar-refractivity contribution < 1.29 is 0 Å². The lowest BCUT2D eigenvalue weighted by Gasteiger charge is -2.03. The predicted molar refractivity (Wildman–Crippen MR) is 56.0 cm³/mol. The van der Waals surface area contributed by atoms with Crippen LogP contribution < -0.4 is 11.1 Å². The summed E-state index contributed by atoms with van der Waals surface area (Å²) in [6.45, 7) is 1.17. The second-order valence-corrected chi connectivity index (χ2v) is 3.68. The molecular formula is C11H16N2. The summed E-state index contributed by atoms with van der Waals surface area (Å²) in [5, 5.41) is 3.45. The molecule has 1 spiro atoms. The van der Waals surface area contributed by atoms with Crippen molar-refractivity contribution in [3.63, 3.8) is 0 Å². The molecular weight excluding hydrogens is 160 g/mol. The van der Waals surface area contributed by atoms with Crippen LogP contribution >= 0.6 is 0 Å². The van der Waals surface area contributed by atoms with Gasteiger partial charge < -0.3 is 11.1 Å². The third kappa shape index (κ3) is 1.22. The van der Waals surface area contributed by atoms with Crippen molar-refractivity contribution in [3.05, 3.63) is 29.8 Å². The molecule has 1 aromatic carbocycles. The van der Waals surface area contributed by atoms with Crippen molar-refractivity contribution in [2.24, 2.45) is 5.73 Å². The number of hydrogen-bond donors (Lipinski definition) is 2. The maximum atomic E-state index is 4.50. The highest BCUT2D eigenvalue weighted by Crippen LogP contribution is 2.53. The summed E-state index contributed by atoms with van der Waals surface area (Å²) in [7, 11) is 1.50. The lowest BCUT2D eigenvalue weighted by molar-refractivity contribution is 0.778. The number of anilines is 1. The van der Waals surface area contributed by atoms with E-state index in [9.17, 15) is 0 Å². The third-order valence-electron chi connectivity index (χ3n) is 2.97. The summed E-state index contributed by atoms with van der Waals surface area (Å²) in [4.78, 5) is 0. The van der Waals surface area contributed by atoms with E-state index in [1.807, 2.05) is 0 Å². The van der Waals surface area contributed by atoms with Gasteiger partial charge in [-0.2, -0.15) is 0 Å². The minimum atomic E-state index is 0.566. The second-order valence-electron chi connectivity index (χ2n) is 3.68. The van der Waals surface area contributed by atoms with Crippen molar-refractivity contribution in [1.82, 2.24) is 0 Å². The topological polar surface area (TPSA) is 38.0 Å². The molecule has 0 atom stereocenters. The largest absolute Gasteiger partial charge is 0.384 e. The minimum Gasteiger partial charge on any atom is -0.384 e. The van der Waals surface area contributed by atoms with Gasteiger partial charge >= 0.3 is 0 Å². The van der Waals surface area contributed by atoms with E-state index in [2.05, 4.69) is 35.3 Å². The molecule has 3 N–H and O–H groups in total. The van der Waals surface area contributed by atoms with Gasteiger partial charge in [-0.25, -0.2) is 0 Å². The highest BCUT2D eigenvalue weighted by Gasteiger charge is 2.48. The highest BCUT2D eigenvalue weighted by atomic mass is 15.0. The Hall–Kier alpha value is -1.02.